The van der Waals surface area contributed by atoms with Gasteiger partial charge in [-0.15, -0.1) is 0 Å². The van der Waals surface area contributed by atoms with Crippen LogP contribution in [0.5, 0.6) is 0 Å². The van der Waals surface area contributed by atoms with E-state index in [1.54, 1.807) is 40.0 Å². The second-order valence-corrected chi connectivity index (χ2v) is 7.95. The molecule has 6 nitrogen and oxygen atoms in total. The van der Waals surface area contributed by atoms with Crippen LogP contribution in [-0.2, 0) is 14.3 Å². The lowest BCUT2D eigenvalue weighted by atomic mass is 9.96. The Bertz CT molecular complexity index is 851. The van der Waals surface area contributed by atoms with Crippen LogP contribution >= 0.6 is 0 Å². The van der Waals surface area contributed by atoms with Gasteiger partial charge in [0.1, 0.15) is 5.60 Å². The highest BCUT2D eigenvalue weighted by Crippen LogP contribution is 2.28. The number of aryl methyl sites for hydroxylation is 2. The van der Waals surface area contributed by atoms with Crippen molar-refractivity contribution in [3.63, 3.8) is 0 Å². The van der Waals surface area contributed by atoms with Gasteiger partial charge in [0.15, 0.2) is 0 Å². The Labute approximate surface area is 172 Å². The van der Waals surface area contributed by atoms with Gasteiger partial charge in [-0.3, -0.25) is 9.78 Å². The minimum atomic E-state index is -0.639. The van der Waals surface area contributed by atoms with E-state index >= 15 is 0 Å². The molecule has 1 amide bonds. The minimum absolute atomic E-state index is 0.00326. The third-order valence-corrected chi connectivity index (χ3v) is 4.29. The summed E-state index contributed by atoms with van der Waals surface area (Å²) in [6, 6.07) is 9.17. The van der Waals surface area contributed by atoms with Crippen molar-refractivity contribution < 1.29 is 19.1 Å². The number of benzene rings is 1. The first kappa shape index (κ1) is 22.4. The van der Waals surface area contributed by atoms with Gasteiger partial charge in [-0.05, 0) is 70.4 Å². The normalized spacial score (nSPS) is 12.2. The molecule has 0 aliphatic carbocycles. The van der Waals surface area contributed by atoms with E-state index in [1.807, 2.05) is 38.1 Å². The molecule has 1 aromatic carbocycles. The molecule has 0 bridgehead atoms. The first-order valence-corrected chi connectivity index (χ1v) is 9.78. The summed E-state index contributed by atoms with van der Waals surface area (Å²) in [5.74, 6) is -0.390. The molecule has 1 heterocycles. The summed E-state index contributed by atoms with van der Waals surface area (Å²) in [4.78, 5) is 29.0. The number of amides is 1. The van der Waals surface area contributed by atoms with Crippen LogP contribution < -0.4 is 5.32 Å². The number of aromatic nitrogens is 1. The lowest BCUT2D eigenvalue weighted by molar-refractivity contribution is -0.143. The van der Waals surface area contributed by atoms with Gasteiger partial charge in [0.25, 0.3) is 0 Å². The van der Waals surface area contributed by atoms with Crippen LogP contribution in [0.4, 0.5) is 4.79 Å². The van der Waals surface area contributed by atoms with Crippen molar-refractivity contribution in [3.8, 4) is 11.3 Å². The highest BCUT2D eigenvalue weighted by molar-refractivity contribution is 5.74. The number of carbonyl (C=O) groups is 2. The fourth-order valence-electron chi connectivity index (χ4n) is 3.11. The van der Waals surface area contributed by atoms with Crippen molar-refractivity contribution in [2.45, 2.75) is 59.6 Å². The van der Waals surface area contributed by atoms with Crippen LogP contribution in [0, 0.1) is 13.8 Å². The number of hydrogen-bond donors (Lipinski definition) is 1. The Morgan fingerprint density at radius 3 is 2.38 bits per heavy atom. The van der Waals surface area contributed by atoms with Crippen LogP contribution in [0.1, 0.15) is 56.8 Å². The average Bonchev–Trinajstić information content (AvgIpc) is 2.60. The number of carbonyl (C=O) groups excluding carboxylic acids is 2. The molecule has 1 aromatic heterocycles. The number of rotatable bonds is 6. The quantitative estimate of drug-likeness (QED) is 0.702. The molecule has 1 N–H and O–H groups in total. The van der Waals surface area contributed by atoms with Gasteiger partial charge in [-0.2, -0.15) is 0 Å². The maximum absolute atomic E-state index is 12.3. The molecular weight excluding hydrogens is 368 g/mol. The fourth-order valence-corrected chi connectivity index (χ4v) is 3.11. The van der Waals surface area contributed by atoms with E-state index in [9.17, 15) is 9.59 Å². The topological polar surface area (TPSA) is 77.5 Å². The Kier molecular flexibility index (Phi) is 7.37. The molecule has 0 fully saturated rings. The Morgan fingerprint density at radius 2 is 1.79 bits per heavy atom. The predicted molar refractivity (Wildman–Crippen MR) is 113 cm³/mol. The monoisotopic (exact) mass is 398 g/mol. The molecule has 1 unspecified atom stereocenters. The van der Waals surface area contributed by atoms with E-state index < -0.39 is 17.7 Å². The number of nitrogens with zero attached hydrogens (tertiary/aromatic N) is 1. The summed E-state index contributed by atoms with van der Waals surface area (Å²) in [5.41, 5.74) is 4.17. The number of ether oxygens (including phenoxy) is 2. The van der Waals surface area contributed by atoms with Crippen LogP contribution in [0.25, 0.3) is 11.3 Å². The highest BCUT2D eigenvalue weighted by Gasteiger charge is 2.24. The SMILES string of the molecule is CCOC(=O)CC(NC(=O)OC(C)(C)C)c1ccnc(-c2c(C)cccc2C)c1. The van der Waals surface area contributed by atoms with Crippen molar-refractivity contribution in [1.82, 2.24) is 10.3 Å². The average molecular weight is 399 g/mol. The zero-order valence-corrected chi connectivity index (χ0v) is 18.0. The Hall–Kier alpha value is -2.89. The molecule has 0 saturated heterocycles. The number of hydrogen-bond acceptors (Lipinski definition) is 5. The molecular formula is C23H30N2O4. The smallest absolute Gasteiger partial charge is 0.408 e. The molecule has 156 valence electrons. The lowest BCUT2D eigenvalue weighted by Gasteiger charge is -2.24. The summed E-state index contributed by atoms with van der Waals surface area (Å²) in [5, 5.41) is 2.80. The third-order valence-electron chi connectivity index (χ3n) is 4.29. The predicted octanol–water partition coefficient (Wildman–Crippen LogP) is 4.88. The Morgan fingerprint density at radius 1 is 1.14 bits per heavy atom. The largest absolute Gasteiger partial charge is 0.466 e. The lowest BCUT2D eigenvalue weighted by Crippen LogP contribution is -2.36. The van der Waals surface area contributed by atoms with Crippen LogP contribution in [0.2, 0.25) is 0 Å². The summed E-state index contributed by atoms with van der Waals surface area (Å²) < 4.78 is 10.4. The molecule has 2 rings (SSSR count). The van der Waals surface area contributed by atoms with Gasteiger partial charge in [0, 0.05) is 11.8 Å². The van der Waals surface area contributed by atoms with Crippen molar-refractivity contribution in [2.24, 2.45) is 0 Å². The summed E-state index contributed by atoms with van der Waals surface area (Å²) in [6.07, 6.45) is 1.10. The molecule has 0 saturated carbocycles. The maximum atomic E-state index is 12.3. The van der Waals surface area contributed by atoms with Gasteiger partial charge in [0.2, 0.25) is 0 Å². The molecule has 0 aliphatic rings. The van der Waals surface area contributed by atoms with Gasteiger partial charge in [-0.1, -0.05) is 18.2 Å². The molecule has 0 spiro atoms. The fraction of sp³-hybridized carbons (Fsp3) is 0.435. The third kappa shape index (κ3) is 6.59. The van der Waals surface area contributed by atoms with E-state index in [4.69, 9.17) is 9.47 Å². The first-order valence-electron chi connectivity index (χ1n) is 9.78. The second kappa shape index (κ2) is 9.54. The van der Waals surface area contributed by atoms with E-state index in [2.05, 4.69) is 10.3 Å². The second-order valence-electron chi connectivity index (χ2n) is 7.95. The molecule has 0 radical (unpaired) electrons. The van der Waals surface area contributed by atoms with E-state index in [0.717, 1.165) is 27.9 Å². The van der Waals surface area contributed by atoms with Gasteiger partial charge < -0.3 is 14.8 Å². The summed E-state index contributed by atoms with van der Waals surface area (Å²) in [6.45, 7) is 11.5. The molecule has 2 aromatic rings. The summed E-state index contributed by atoms with van der Waals surface area (Å²) >= 11 is 0. The number of esters is 1. The molecule has 29 heavy (non-hydrogen) atoms. The Balaban J connectivity index is 2.37. The number of alkyl carbamates (subject to hydrolysis) is 1. The van der Waals surface area contributed by atoms with Crippen molar-refractivity contribution in [1.29, 1.82) is 0 Å². The van der Waals surface area contributed by atoms with E-state index in [1.165, 1.54) is 0 Å². The molecule has 1 atom stereocenters. The number of pyridine rings is 1. The van der Waals surface area contributed by atoms with Crippen LogP contribution in [-0.4, -0.2) is 29.3 Å². The van der Waals surface area contributed by atoms with Gasteiger partial charge in [-0.25, -0.2) is 4.79 Å². The van der Waals surface area contributed by atoms with Crippen molar-refractivity contribution >= 4 is 12.1 Å². The van der Waals surface area contributed by atoms with E-state index in [0.29, 0.717) is 0 Å². The molecule has 0 aliphatic heterocycles. The maximum Gasteiger partial charge on any atom is 0.408 e. The van der Waals surface area contributed by atoms with Crippen LogP contribution in [0.3, 0.4) is 0 Å². The minimum Gasteiger partial charge on any atom is -0.466 e. The first-order chi connectivity index (χ1) is 13.6. The number of nitrogens with one attached hydrogen (secondary N) is 1. The standard InChI is InChI=1S/C23H30N2O4/c1-7-28-20(26)14-18(25-22(27)29-23(4,5)6)17-11-12-24-19(13-17)21-15(2)9-8-10-16(21)3/h8-13,18H,7,14H2,1-6H3,(H,25,27). The van der Waals surface area contributed by atoms with Gasteiger partial charge >= 0.3 is 12.1 Å². The zero-order valence-electron chi connectivity index (χ0n) is 18.0. The molecule has 6 heteroatoms. The van der Waals surface area contributed by atoms with Crippen LogP contribution in [0.15, 0.2) is 36.5 Å². The van der Waals surface area contributed by atoms with Crippen molar-refractivity contribution in [3.05, 3.63) is 53.2 Å². The summed E-state index contributed by atoms with van der Waals surface area (Å²) in [7, 11) is 0. The zero-order chi connectivity index (χ0) is 21.6. The van der Waals surface area contributed by atoms with Gasteiger partial charge in [0.05, 0.1) is 24.8 Å². The van der Waals surface area contributed by atoms with E-state index in [-0.39, 0.29) is 19.0 Å². The van der Waals surface area contributed by atoms with Crippen molar-refractivity contribution in [2.75, 3.05) is 6.61 Å². The highest BCUT2D eigenvalue weighted by atomic mass is 16.6.